The van der Waals surface area contributed by atoms with Crippen molar-refractivity contribution in [2.75, 3.05) is 13.1 Å². The summed E-state index contributed by atoms with van der Waals surface area (Å²) in [4.78, 5) is 14.1. The molecule has 0 radical (unpaired) electrons. The van der Waals surface area contributed by atoms with E-state index >= 15 is 0 Å². The van der Waals surface area contributed by atoms with Gasteiger partial charge in [0.2, 0.25) is 5.91 Å². The van der Waals surface area contributed by atoms with E-state index in [1.165, 1.54) is 0 Å². The largest absolute Gasteiger partial charge is 0.391 e. The Kier molecular flexibility index (Phi) is 4.05. The minimum atomic E-state index is -0.320. The van der Waals surface area contributed by atoms with Gasteiger partial charge in [0.05, 0.1) is 6.10 Å². The van der Waals surface area contributed by atoms with Gasteiger partial charge in [-0.2, -0.15) is 0 Å². The van der Waals surface area contributed by atoms with Crippen molar-refractivity contribution >= 4 is 5.91 Å². The van der Waals surface area contributed by atoms with E-state index in [0.29, 0.717) is 19.0 Å². The number of amides is 1. The summed E-state index contributed by atoms with van der Waals surface area (Å²) in [5, 5.41) is 9.47. The fourth-order valence-electron chi connectivity index (χ4n) is 3.15. The smallest absolute Gasteiger partial charge is 0.225 e. The zero-order valence-electron chi connectivity index (χ0n) is 10.6. The number of rotatable bonds is 2. The van der Waals surface area contributed by atoms with Crippen LogP contribution >= 0.6 is 0 Å². The van der Waals surface area contributed by atoms with Gasteiger partial charge in [-0.3, -0.25) is 4.79 Å². The van der Waals surface area contributed by atoms with Crippen molar-refractivity contribution in [1.82, 2.24) is 4.90 Å². The van der Waals surface area contributed by atoms with Crippen molar-refractivity contribution in [3.05, 3.63) is 0 Å². The minimum Gasteiger partial charge on any atom is -0.391 e. The number of aliphatic hydroxyl groups is 1. The topological polar surface area (TPSA) is 66.6 Å². The SMILES string of the molecule is CC(C(=O)N1CCC(O)C1)C1CCCC(N)C1. The predicted octanol–water partition coefficient (Wildman–Crippen LogP) is 0.733. The van der Waals surface area contributed by atoms with Gasteiger partial charge in [-0.05, 0) is 31.6 Å². The van der Waals surface area contributed by atoms with E-state index in [9.17, 15) is 9.90 Å². The molecule has 4 unspecified atom stereocenters. The fraction of sp³-hybridized carbons (Fsp3) is 0.923. The van der Waals surface area contributed by atoms with Crippen LogP contribution in [-0.4, -0.2) is 41.1 Å². The summed E-state index contributed by atoms with van der Waals surface area (Å²) < 4.78 is 0. The lowest BCUT2D eigenvalue weighted by Gasteiger charge is -2.32. The van der Waals surface area contributed by atoms with Gasteiger partial charge in [-0.15, -0.1) is 0 Å². The first-order chi connectivity index (χ1) is 8.08. The molecule has 4 atom stereocenters. The third-order valence-corrected chi connectivity index (χ3v) is 4.33. The molecule has 0 aromatic carbocycles. The highest BCUT2D eigenvalue weighted by Gasteiger charge is 2.33. The molecule has 0 aromatic heterocycles. The maximum absolute atomic E-state index is 12.3. The second-order valence-corrected chi connectivity index (χ2v) is 5.70. The molecule has 1 heterocycles. The van der Waals surface area contributed by atoms with Crippen LogP contribution in [0.25, 0.3) is 0 Å². The summed E-state index contributed by atoms with van der Waals surface area (Å²) >= 11 is 0. The molecule has 1 saturated carbocycles. The van der Waals surface area contributed by atoms with Gasteiger partial charge < -0.3 is 15.7 Å². The summed E-state index contributed by atoms with van der Waals surface area (Å²) in [7, 11) is 0. The number of β-amino-alcohol motifs (C(OH)–C–C–N with tert-alkyl or cyclic N) is 1. The number of nitrogens with zero attached hydrogens (tertiary/aromatic N) is 1. The number of hydrogen-bond donors (Lipinski definition) is 2. The Morgan fingerprint density at radius 1 is 1.41 bits per heavy atom. The number of carbonyl (C=O) groups excluding carboxylic acids is 1. The molecule has 0 aromatic rings. The lowest BCUT2D eigenvalue weighted by molar-refractivity contribution is -0.136. The second-order valence-electron chi connectivity index (χ2n) is 5.70. The van der Waals surface area contributed by atoms with Crippen LogP contribution in [0.2, 0.25) is 0 Å². The van der Waals surface area contributed by atoms with Crippen molar-refractivity contribution < 1.29 is 9.90 Å². The van der Waals surface area contributed by atoms with Gasteiger partial charge in [-0.25, -0.2) is 0 Å². The predicted molar refractivity (Wildman–Crippen MR) is 66.3 cm³/mol. The van der Waals surface area contributed by atoms with Gasteiger partial charge in [0.15, 0.2) is 0 Å². The third kappa shape index (κ3) is 2.99. The summed E-state index contributed by atoms with van der Waals surface area (Å²) in [5.41, 5.74) is 5.97. The Labute approximate surface area is 103 Å². The Bertz CT molecular complexity index is 283. The Hall–Kier alpha value is -0.610. The number of hydrogen-bond acceptors (Lipinski definition) is 3. The number of nitrogens with two attached hydrogens (primary N) is 1. The fourth-order valence-corrected chi connectivity index (χ4v) is 3.15. The molecule has 4 heteroatoms. The molecule has 2 rings (SSSR count). The number of carbonyl (C=O) groups is 1. The van der Waals surface area contributed by atoms with E-state index in [0.717, 1.165) is 32.1 Å². The average Bonchev–Trinajstić information content (AvgIpc) is 2.74. The molecule has 2 aliphatic rings. The normalized spacial score (nSPS) is 35.9. The Balaban J connectivity index is 1.90. The van der Waals surface area contributed by atoms with Crippen molar-refractivity contribution in [2.24, 2.45) is 17.6 Å². The summed E-state index contributed by atoms with van der Waals surface area (Å²) in [5.74, 6) is 0.705. The average molecular weight is 240 g/mol. The standard InChI is InChI=1S/C13H24N2O2/c1-9(10-3-2-4-11(14)7-10)13(17)15-6-5-12(16)8-15/h9-12,16H,2-8,14H2,1H3. The van der Waals surface area contributed by atoms with Crippen molar-refractivity contribution in [1.29, 1.82) is 0 Å². The molecule has 98 valence electrons. The Morgan fingerprint density at radius 2 is 2.18 bits per heavy atom. The molecular weight excluding hydrogens is 216 g/mol. The van der Waals surface area contributed by atoms with Crippen LogP contribution in [0, 0.1) is 11.8 Å². The van der Waals surface area contributed by atoms with Gasteiger partial charge in [-0.1, -0.05) is 13.3 Å². The van der Waals surface area contributed by atoms with Gasteiger partial charge in [0.25, 0.3) is 0 Å². The number of likely N-dealkylation sites (tertiary alicyclic amines) is 1. The zero-order chi connectivity index (χ0) is 12.4. The van der Waals surface area contributed by atoms with Crippen molar-refractivity contribution in [2.45, 2.75) is 51.2 Å². The van der Waals surface area contributed by atoms with Crippen LogP contribution in [0.4, 0.5) is 0 Å². The van der Waals surface area contributed by atoms with E-state index in [1.54, 1.807) is 0 Å². The molecule has 2 fully saturated rings. The zero-order valence-corrected chi connectivity index (χ0v) is 10.6. The van der Waals surface area contributed by atoms with Gasteiger partial charge in [0, 0.05) is 25.0 Å². The van der Waals surface area contributed by atoms with Crippen LogP contribution in [0.1, 0.15) is 39.0 Å². The van der Waals surface area contributed by atoms with Gasteiger partial charge >= 0.3 is 0 Å². The summed E-state index contributed by atoms with van der Waals surface area (Å²) in [6.07, 6.45) is 4.74. The molecule has 4 nitrogen and oxygen atoms in total. The lowest BCUT2D eigenvalue weighted by atomic mass is 9.78. The monoisotopic (exact) mass is 240 g/mol. The number of aliphatic hydroxyl groups excluding tert-OH is 1. The highest BCUT2D eigenvalue weighted by atomic mass is 16.3. The quantitative estimate of drug-likeness (QED) is 0.748. The lowest BCUT2D eigenvalue weighted by Crippen LogP contribution is -2.40. The van der Waals surface area contributed by atoms with E-state index in [2.05, 4.69) is 0 Å². The van der Waals surface area contributed by atoms with Crippen LogP contribution in [0.5, 0.6) is 0 Å². The van der Waals surface area contributed by atoms with Crippen LogP contribution in [-0.2, 0) is 4.79 Å². The molecular formula is C13H24N2O2. The van der Waals surface area contributed by atoms with E-state index < -0.39 is 0 Å². The van der Waals surface area contributed by atoms with Gasteiger partial charge in [0.1, 0.15) is 0 Å². The maximum Gasteiger partial charge on any atom is 0.225 e. The molecule has 17 heavy (non-hydrogen) atoms. The molecule has 0 spiro atoms. The van der Waals surface area contributed by atoms with E-state index in [1.807, 2.05) is 11.8 Å². The molecule has 1 saturated heterocycles. The van der Waals surface area contributed by atoms with E-state index in [4.69, 9.17) is 5.73 Å². The first-order valence-corrected chi connectivity index (χ1v) is 6.80. The molecule has 1 aliphatic carbocycles. The van der Waals surface area contributed by atoms with Crippen molar-refractivity contribution in [3.8, 4) is 0 Å². The summed E-state index contributed by atoms with van der Waals surface area (Å²) in [6.45, 7) is 3.25. The minimum absolute atomic E-state index is 0.0617. The first-order valence-electron chi connectivity index (χ1n) is 6.80. The highest BCUT2D eigenvalue weighted by Crippen LogP contribution is 2.31. The molecule has 3 N–H and O–H groups in total. The van der Waals surface area contributed by atoms with Crippen LogP contribution in [0.15, 0.2) is 0 Å². The maximum atomic E-state index is 12.3. The summed E-state index contributed by atoms with van der Waals surface area (Å²) in [6, 6.07) is 0.271. The van der Waals surface area contributed by atoms with Crippen molar-refractivity contribution in [3.63, 3.8) is 0 Å². The Morgan fingerprint density at radius 3 is 2.76 bits per heavy atom. The third-order valence-electron chi connectivity index (χ3n) is 4.33. The molecule has 1 amide bonds. The van der Waals surface area contributed by atoms with E-state index in [-0.39, 0.29) is 24.0 Å². The first kappa shape index (κ1) is 12.8. The second kappa shape index (κ2) is 5.36. The van der Waals surface area contributed by atoms with Crippen LogP contribution < -0.4 is 5.73 Å². The molecule has 0 bridgehead atoms. The highest BCUT2D eigenvalue weighted by molar-refractivity contribution is 5.79. The van der Waals surface area contributed by atoms with Crippen LogP contribution in [0.3, 0.4) is 0 Å². The molecule has 1 aliphatic heterocycles.